The molecule has 7 nitrogen and oxygen atoms in total. The van der Waals surface area contributed by atoms with Crippen molar-refractivity contribution >= 4 is 52.2 Å². The van der Waals surface area contributed by atoms with Crippen molar-refractivity contribution in [2.24, 2.45) is 4.99 Å². The summed E-state index contributed by atoms with van der Waals surface area (Å²) in [5.74, 6) is -0.255. The highest BCUT2D eigenvalue weighted by atomic mass is 35.5. The Kier molecular flexibility index (Phi) is 7.37. The van der Waals surface area contributed by atoms with E-state index in [1.807, 2.05) is 6.92 Å². The third kappa shape index (κ3) is 6.01. The van der Waals surface area contributed by atoms with Crippen LogP contribution in [0.2, 0.25) is 5.02 Å². The highest BCUT2D eigenvalue weighted by Gasteiger charge is 2.24. The van der Waals surface area contributed by atoms with Crippen LogP contribution in [0.25, 0.3) is 6.08 Å². The van der Waals surface area contributed by atoms with Crippen LogP contribution in [-0.2, 0) is 9.59 Å². The van der Waals surface area contributed by atoms with Gasteiger partial charge in [0.1, 0.15) is 0 Å². The van der Waals surface area contributed by atoms with Crippen molar-refractivity contribution in [1.29, 1.82) is 0 Å². The van der Waals surface area contributed by atoms with Crippen molar-refractivity contribution < 1.29 is 24.2 Å². The van der Waals surface area contributed by atoms with Crippen LogP contribution >= 0.6 is 23.4 Å². The Labute approximate surface area is 182 Å². The quantitative estimate of drug-likeness (QED) is 0.580. The van der Waals surface area contributed by atoms with Crippen molar-refractivity contribution in [2.45, 2.75) is 13.3 Å². The number of halogens is 1. The van der Waals surface area contributed by atoms with Gasteiger partial charge in [-0.2, -0.15) is 0 Å². The highest BCUT2D eigenvalue weighted by molar-refractivity contribution is 8.18. The predicted octanol–water partition coefficient (Wildman–Crippen LogP) is 4.48. The lowest BCUT2D eigenvalue weighted by molar-refractivity contribution is -0.137. The first-order valence-corrected chi connectivity index (χ1v) is 10.3. The first-order valence-electron chi connectivity index (χ1n) is 9.11. The van der Waals surface area contributed by atoms with E-state index in [1.165, 1.54) is 11.8 Å². The number of benzene rings is 2. The highest BCUT2D eigenvalue weighted by Crippen LogP contribution is 2.32. The standard InChI is InChI=1S/C21H19ClN2O5S/c1-2-28-17-10-13(6-7-16(17)29-9-8-19(25)26)11-18-20(27)24-21(30-18)23-15-5-3-4-14(22)12-15/h3-7,10-12H,2,8-9H2,1H3,(H,25,26)(H,23,24,27)/b18-11+. The lowest BCUT2D eigenvalue weighted by Crippen LogP contribution is -2.19. The Morgan fingerprint density at radius 1 is 1.23 bits per heavy atom. The molecule has 1 aliphatic rings. The van der Waals surface area contributed by atoms with Gasteiger partial charge in [0.05, 0.1) is 30.2 Å². The molecule has 3 rings (SSSR count). The van der Waals surface area contributed by atoms with Crippen LogP contribution in [0, 0.1) is 0 Å². The van der Waals surface area contributed by atoms with E-state index >= 15 is 0 Å². The van der Waals surface area contributed by atoms with Crippen LogP contribution < -0.4 is 14.8 Å². The van der Waals surface area contributed by atoms with Gasteiger partial charge in [0, 0.05) is 5.02 Å². The SMILES string of the molecule is CCOc1cc(/C=C2/SC(=Nc3cccc(Cl)c3)NC2=O)ccc1OCCC(=O)O. The molecule has 1 fully saturated rings. The summed E-state index contributed by atoms with van der Waals surface area (Å²) in [6.07, 6.45) is 1.62. The summed E-state index contributed by atoms with van der Waals surface area (Å²) in [5.41, 5.74) is 1.39. The molecule has 2 N–H and O–H groups in total. The smallest absolute Gasteiger partial charge is 0.306 e. The molecule has 30 heavy (non-hydrogen) atoms. The average Bonchev–Trinajstić information content (AvgIpc) is 3.02. The lowest BCUT2D eigenvalue weighted by Gasteiger charge is -2.12. The summed E-state index contributed by atoms with van der Waals surface area (Å²) in [7, 11) is 0. The van der Waals surface area contributed by atoms with Gasteiger partial charge < -0.3 is 19.9 Å². The Hall–Kier alpha value is -2.97. The molecule has 0 atom stereocenters. The zero-order chi connectivity index (χ0) is 21.5. The molecule has 0 spiro atoms. The fourth-order valence-electron chi connectivity index (χ4n) is 2.55. The van der Waals surface area contributed by atoms with Gasteiger partial charge in [-0.1, -0.05) is 23.7 Å². The van der Waals surface area contributed by atoms with Gasteiger partial charge in [-0.05, 0) is 60.7 Å². The third-order valence-electron chi connectivity index (χ3n) is 3.83. The molecule has 2 aromatic carbocycles. The predicted molar refractivity (Wildman–Crippen MR) is 118 cm³/mol. The minimum Gasteiger partial charge on any atom is -0.490 e. The van der Waals surface area contributed by atoms with E-state index in [1.54, 1.807) is 48.5 Å². The number of nitrogens with zero attached hydrogens (tertiary/aromatic N) is 1. The van der Waals surface area contributed by atoms with Gasteiger partial charge >= 0.3 is 5.97 Å². The number of thioether (sulfide) groups is 1. The van der Waals surface area contributed by atoms with Crippen LogP contribution in [-0.4, -0.2) is 35.4 Å². The molecule has 0 aromatic heterocycles. The van der Waals surface area contributed by atoms with Crippen LogP contribution in [0.3, 0.4) is 0 Å². The molecule has 0 saturated carbocycles. The molecule has 2 aromatic rings. The minimum atomic E-state index is -0.936. The number of hydrogen-bond acceptors (Lipinski definition) is 6. The van der Waals surface area contributed by atoms with E-state index < -0.39 is 5.97 Å². The van der Waals surface area contributed by atoms with Crippen molar-refractivity contribution in [3.8, 4) is 11.5 Å². The summed E-state index contributed by atoms with van der Waals surface area (Å²) in [6.45, 7) is 2.30. The fourth-order valence-corrected chi connectivity index (χ4v) is 3.57. The van der Waals surface area contributed by atoms with Gasteiger partial charge in [0.2, 0.25) is 0 Å². The number of carboxylic acids is 1. The topological polar surface area (TPSA) is 97.2 Å². The number of aliphatic imine (C=N–C) groups is 1. The lowest BCUT2D eigenvalue weighted by atomic mass is 10.2. The number of carbonyl (C=O) groups excluding carboxylic acids is 1. The van der Waals surface area contributed by atoms with Gasteiger partial charge in [-0.25, -0.2) is 4.99 Å². The summed E-state index contributed by atoms with van der Waals surface area (Å²) >= 11 is 7.19. The molecule has 156 valence electrons. The number of hydrogen-bond donors (Lipinski definition) is 2. The molecule has 1 heterocycles. The van der Waals surface area contributed by atoms with Crippen LogP contribution in [0.4, 0.5) is 5.69 Å². The zero-order valence-electron chi connectivity index (χ0n) is 16.1. The number of ether oxygens (including phenoxy) is 2. The number of aliphatic carboxylic acids is 1. The molecule has 1 aliphatic heterocycles. The van der Waals surface area contributed by atoms with Crippen molar-refractivity contribution in [2.75, 3.05) is 13.2 Å². The Bertz CT molecular complexity index is 1020. The summed E-state index contributed by atoms with van der Waals surface area (Å²) in [5, 5.41) is 12.5. The number of amidine groups is 1. The molecular weight excluding hydrogens is 428 g/mol. The molecule has 0 radical (unpaired) electrons. The number of amides is 1. The van der Waals surface area contributed by atoms with Crippen LogP contribution in [0.15, 0.2) is 52.4 Å². The van der Waals surface area contributed by atoms with Crippen molar-refractivity contribution in [3.05, 3.63) is 58.0 Å². The van der Waals surface area contributed by atoms with E-state index in [9.17, 15) is 9.59 Å². The van der Waals surface area contributed by atoms with Gasteiger partial charge in [0.15, 0.2) is 16.7 Å². The second-order valence-corrected chi connectivity index (χ2v) is 7.56. The Balaban J connectivity index is 1.77. The van der Waals surface area contributed by atoms with E-state index in [2.05, 4.69) is 10.3 Å². The fraction of sp³-hybridized carbons (Fsp3) is 0.190. The number of nitrogens with one attached hydrogen (secondary N) is 1. The van der Waals surface area contributed by atoms with Crippen molar-refractivity contribution in [1.82, 2.24) is 5.32 Å². The van der Waals surface area contributed by atoms with E-state index in [0.29, 0.717) is 38.9 Å². The Morgan fingerprint density at radius 2 is 2.07 bits per heavy atom. The van der Waals surface area contributed by atoms with E-state index in [-0.39, 0.29) is 18.9 Å². The van der Waals surface area contributed by atoms with Crippen molar-refractivity contribution in [3.63, 3.8) is 0 Å². The van der Waals surface area contributed by atoms with Crippen LogP contribution in [0.5, 0.6) is 11.5 Å². The van der Waals surface area contributed by atoms with E-state index in [4.69, 9.17) is 26.2 Å². The van der Waals surface area contributed by atoms with E-state index in [0.717, 1.165) is 5.56 Å². The maximum Gasteiger partial charge on any atom is 0.306 e. The second-order valence-electron chi connectivity index (χ2n) is 6.09. The maximum absolute atomic E-state index is 12.3. The molecule has 0 bridgehead atoms. The summed E-state index contributed by atoms with van der Waals surface area (Å²) in [4.78, 5) is 27.9. The van der Waals surface area contributed by atoms with Gasteiger partial charge in [0.25, 0.3) is 5.91 Å². The molecule has 9 heteroatoms. The molecule has 1 saturated heterocycles. The number of rotatable bonds is 8. The minimum absolute atomic E-state index is 0.0391. The monoisotopic (exact) mass is 446 g/mol. The van der Waals surface area contributed by atoms with Gasteiger partial charge in [-0.15, -0.1) is 0 Å². The molecule has 1 amide bonds. The number of carboxylic acid groups (broad SMARTS) is 1. The van der Waals surface area contributed by atoms with Gasteiger partial charge in [-0.3, -0.25) is 9.59 Å². The normalized spacial score (nSPS) is 16.0. The second kappa shape index (κ2) is 10.2. The Morgan fingerprint density at radius 3 is 2.80 bits per heavy atom. The first-order chi connectivity index (χ1) is 14.4. The number of carbonyl (C=O) groups is 2. The summed E-state index contributed by atoms with van der Waals surface area (Å²) < 4.78 is 11.1. The largest absolute Gasteiger partial charge is 0.490 e. The van der Waals surface area contributed by atoms with Crippen LogP contribution in [0.1, 0.15) is 18.9 Å². The molecule has 0 aliphatic carbocycles. The summed E-state index contributed by atoms with van der Waals surface area (Å²) in [6, 6.07) is 12.2. The zero-order valence-corrected chi connectivity index (χ0v) is 17.6. The maximum atomic E-state index is 12.3. The average molecular weight is 447 g/mol. The molecule has 0 unspecified atom stereocenters. The first kappa shape index (κ1) is 21.7. The third-order valence-corrected chi connectivity index (χ3v) is 4.97. The molecular formula is C21H19ClN2O5S.